The van der Waals surface area contributed by atoms with Crippen LogP contribution in [-0.4, -0.2) is 37.7 Å². The van der Waals surface area contributed by atoms with Crippen molar-refractivity contribution in [2.75, 3.05) is 26.8 Å². The van der Waals surface area contributed by atoms with Gasteiger partial charge in [-0.3, -0.25) is 4.90 Å². The third kappa shape index (κ3) is 4.93. The molecule has 1 rings (SSSR count). The normalized spacial score (nSPS) is 15.0. The van der Waals surface area contributed by atoms with Gasteiger partial charge in [-0.25, -0.2) is 0 Å². The molecule has 1 heterocycles. The molecule has 0 aliphatic rings. The zero-order valence-corrected chi connectivity index (χ0v) is 13.6. The number of ether oxygens (including phenoxy) is 1. The molecule has 4 heteroatoms. The first kappa shape index (κ1) is 17.2. The molecule has 0 bridgehead atoms. The lowest BCUT2D eigenvalue weighted by atomic mass is 10.0. The molecule has 1 aromatic heterocycles. The van der Waals surface area contributed by atoms with Gasteiger partial charge in [0.25, 0.3) is 0 Å². The summed E-state index contributed by atoms with van der Waals surface area (Å²) in [6.45, 7) is 11.1. The van der Waals surface area contributed by atoms with E-state index in [1.165, 1.54) is 0 Å². The van der Waals surface area contributed by atoms with Crippen LogP contribution in [0.15, 0.2) is 16.5 Å². The lowest BCUT2D eigenvalue weighted by Gasteiger charge is -2.35. The zero-order valence-electron chi connectivity index (χ0n) is 13.6. The number of nitrogens with zero attached hydrogens (tertiary/aromatic N) is 1. The Morgan fingerprint density at radius 3 is 2.50 bits per heavy atom. The Labute approximate surface area is 123 Å². The number of hydrogen-bond donors (Lipinski definition) is 1. The highest BCUT2D eigenvalue weighted by molar-refractivity contribution is 5.12. The van der Waals surface area contributed by atoms with Gasteiger partial charge < -0.3 is 14.9 Å². The van der Waals surface area contributed by atoms with Gasteiger partial charge in [-0.1, -0.05) is 20.8 Å². The number of nitrogens with two attached hydrogens (primary N) is 1. The maximum atomic E-state index is 6.36. The van der Waals surface area contributed by atoms with Crippen molar-refractivity contribution in [3.8, 4) is 0 Å². The average Bonchev–Trinajstić information content (AvgIpc) is 2.81. The van der Waals surface area contributed by atoms with Gasteiger partial charge in [-0.05, 0) is 31.4 Å². The van der Waals surface area contributed by atoms with E-state index in [4.69, 9.17) is 14.9 Å². The van der Waals surface area contributed by atoms with Crippen molar-refractivity contribution in [3.05, 3.63) is 23.7 Å². The quantitative estimate of drug-likeness (QED) is 0.756. The molecule has 2 atom stereocenters. The van der Waals surface area contributed by atoms with Gasteiger partial charge >= 0.3 is 0 Å². The molecule has 4 nitrogen and oxygen atoms in total. The highest BCUT2D eigenvalue weighted by Gasteiger charge is 2.28. The summed E-state index contributed by atoms with van der Waals surface area (Å²) >= 11 is 0. The summed E-state index contributed by atoms with van der Waals surface area (Å²) in [5.41, 5.74) is 6.36. The standard InChI is InChI=1S/C16H30N2O2/c1-6-14(17)16(15-8-7-13(4)20-15)18(9-10-19-5)11-12(2)3/h7-8,12,14,16H,6,9-11,17H2,1-5H3. The fourth-order valence-corrected chi connectivity index (χ4v) is 2.52. The van der Waals surface area contributed by atoms with E-state index in [2.05, 4.69) is 31.7 Å². The van der Waals surface area contributed by atoms with E-state index in [1.54, 1.807) is 7.11 Å². The average molecular weight is 282 g/mol. The Balaban J connectivity index is 2.97. The SMILES string of the molecule is CCC(N)C(c1ccc(C)o1)N(CCOC)CC(C)C. The van der Waals surface area contributed by atoms with E-state index < -0.39 is 0 Å². The number of methoxy groups -OCH3 is 1. The van der Waals surface area contributed by atoms with Gasteiger partial charge in [0.05, 0.1) is 12.6 Å². The van der Waals surface area contributed by atoms with Crippen LogP contribution < -0.4 is 5.73 Å². The maximum Gasteiger partial charge on any atom is 0.122 e. The molecule has 0 aliphatic heterocycles. The van der Waals surface area contributed by atoms with Crippen molar-refractivity contribution < 1.29 is 9.15 Å². The van der Waals surface area contributed by atoms with Gasteiger partial charge in [0.1, 0.15) is 11.5 Å². The number of hydrogen-bond acceptors (Lipinski definition) is 4. The van der Waals surface area contributed by atoms with Crippen LogP contribution >= 0.6 is 0 Å². The largest absolute Gasteiger partial charge is 0.465 e. The Morgan fingerprint density at radius 2 is 2.05 bits per heavy atom. The molecular weight excluding hydrogens is 252 g/mol. The molecule has 1 aromatic rings. The van der Waals surface area contributed by atoms with E-state index in [1.807, 2.05) is 13.0 Å². The van der Waals surface area contributed by atoms with Gasteiger partial charge in [0.2, 0.25) is 0 Å². The Morgan fingerprint density at radius 1 is 1.35 bits per heavy atom. The molecule has 2 N–H and O–H groups in total. The molecule has 116 valence electrons. The second-order valence-corrected chi connectivity index (χ2v) is 5.85. The van der Waals surface area contributed by atoms with Crippen LogP contribution in [0.5, 0.6) is 0 Å². The molecule has 0 aromatic carbocycles. The van der Waals surface area contributed by atoms with Crippen LogP contribution in [0.25, 0.3) is 0 Å². The second kappa shape index (κ2) is 8.45. The van der Waals surface area contributed by atoms with Gasteiger partial charge in [-0.15, -0.1) is 0 Å². The van der Waals surface area contributed by atoms with Crippen molar-refractivity contribution in [1.82, 2.24) is 4.90 Å². The highest BCUT2D eigenvalue weighted by Crippen LogP contribution is 2.27. The van der Waals surface area contributed by atoms with Crippen molar-refractivity contribution in [1.29, 1.82) is 0 Å². The van der Waals surface area contributed by atoms with Crippen molar-refractivity contribution >= 4 is 0 Å². The van der Waals surface area contributed by atoms with Crippen LogP contribution in [0.3, 0.4) is 0 Å². The van der Waals surface area contributed by atoms with Gasteiger partial charge in [0.15, 0.2) is 0 Å². The van der Waals surface area contributed by atoms with Crippen LogP contribution in [-0.2, 0) is 4.74 Å². The Kier molecular flexibility index (Phi) is 7.27. The smallest absolute Gasteiger partial charge is 0.122 e. The topological polar surface area (TPSA) is 51.6 Å². The molecule has 0 fully saturated rings. The summed E-state index contributed by atoms with van der Waals surface area (Å²) in [7, 11) is 1.74. The van der Waals surface area contributed by atoms with Crippen molar-refractivity contribution in [2.45, 2.75) is 46.2 Å². The van der Waals surface area contributed by atoms with Crippen LogP contribution in [0.1, 0.15) is 44.8 Å². The molecule has 0 saturated carbocycles. The Hall–Kier alpha value is -0.840. The van der Waals surface area contributed by atoms with Crippen LogP contribution in [0, 0.1) is 12.8 Å². The van der Waals surface area contributed by atoms with E-state index in [0.29, 0.717) is 12.5 Å². The first-order valence-corrected chi connectivity index (χ1v) is 7.54. The van der Waals surface area contributed by atoms with E-state index in [0.717, 1.165) is 31.0 Å². The van der Waals surface area contributed by atoms with E-state index in [9.17, 15) is 0 Å². The minimum absolute atomic E-state index is 0.0659. The number of aryl methyl sites for hydroxylation is 1. The number of furan rings is 1. The molecule has 0 spiro atoms. The fourth-order valence-electron chi connectivity index (χ4n) is 2.52. The first-order chi connectivity index (χ1) is 9.49. The predicted molar refractivity (Wildman–Crippen MR) is 82.7 cm³/mol. The van der Waals surface area contributed by atoms with E-state index in [-0.39, 0.29) is 12.1 Å². The van der Waals surface area contributed by atoms with Crippen LogP contribution in [0.2, 0.25) is 0 Å². The summed E-state index contributed by atoms with van der Waals surface area (Å²) in [6, 6.07) is 4.24. The molecule has 0 radical (unpaired) electrons. The monoisotopic (exact) mass is 282 g/mol. The molecule has 20 heavy (non-hydrogen) atoms. The first-order valence-electron chi connectivity index (χ1n) is 7.54. The Bertz CT molecular complexity index is 376. The van der Waals surface area contributed by atoms with Crippen molar-refractivity contribution in [3.63, 3.8) is 0 Å². The van der Waals surface area contributed by atoms with Gasteiger partial charge in [-0.2, -0.15) is 0 Å². The zero-order chi connectivity index (χ0) is 15.1. The van der Waals surface area contributed by atoms with Crippen molar-refractivity contribution in [2.24, 2.45) is 11.7 Å². The molecule has 0 saturated heterocycles. The second-order valence-electron chi connectivity index (χ2n) is 5.85. The lowest BCUT2D eigenvalue weighted by Crippen LogP contribution is -2.43. The third-order valence-electron chi connectivity index (χ3n) is 3.51. The molecular formula is C16H30N2O2. The fraction of sp³-hybridized carbons (Fsp3) is 0.750. The van der Waals surface area contributed by atoms with Crippen LogP contribution in [0.4, 0.5) is 0 Å². The molecule has 2 unspecified atom stereocenters. The predicted octanol–water partition coefficient (Wildman–Crippen LogP) is 2.97. The third-order valence-corrected chi connectivity index (χ3v) is 3.51. The maximum absolute atomic E-state index is 6.36. The van der Waals surface area contributed by atoms with Gasteiger partial charge in [0, 0.05) is 26.2 Å². The number of rotatable bonds is 9. The summed E-state index contributed by atoms with van der Waals surface area (Å²) in [6.07, 6.45) is 0.923. The summed E-state index contributed by atoms with van der Waals surface area (Å²) in [4.78, 5) is 2.39. The minimum Gasteiger partial charge on any atom is -0.465 e. The molecule has 0 amide bonds. The lowest BCUT2D eigenvalue weighted by molar-refractivity contribution is 0.0871. The van der Waals surface area contributed by atoms with E-state index >= 15 is 0 Å². The summed E-state index contributed by atoms with van der Waals surface area (Å²) in [5.74, 6) is 2.48. The minimum atomic E-state index is 0.0659. The molecule has 0 aliphatic carbocycles. The highest BCUT2D eigenvalue weighted by atomic mass is 16.5. The summed E-state index contributed by atoms with van der Waals surface area (Å²) < 4.78 is 11.1. The summed E-state index contributed by atoms with van der Waals surface area (Å²) in [5, 5.41) is 0.